The van der Waals surface area contributed by atoms with Crippen molar-refractivity contribution >= 4 is 5.91 Å². The maximum absolute atomic E-state index is 12.9. The first-order valence-corrected chi connectivity index (χ1v) is 11.4. The fourth-order valence-electron chi connectivity index (χ4n) is 4.12. The Bertz CT molecular complexity index is 1030. The first-order chi connectivity index (χ1) is 15.5. The lowest BCUT2D eigenvalue weighted by Crippen LogP contribution is -2.43. The van der Waals surface area contributed by atoms with E-state index in [1.165, 1.54) is 11.1 Å². The molecule has 0 spiro atoms. The van der Waals surface area contributed by atoms with Gasteiger partial charge in [0.25, 0.3) is 5.91 Å². The van der Waals surface area contributed by atoms with E-state index in [4.69, 9.17) is 0 Å². The van der Waals surface area contributed by atoms with Crippen LogP contribution in [0.15, 0.2) is 54.7 Å². The van der Waals surface area contributed by atoms with E-state index in [-0.39, 0.29) is 5.91 Å². The monoisotopic (exact) mass is 431 g/mol. The Morgan fingerprint density at radius 1 is 0.969 bits per heavy atom. The first-order valence-electron chi connectivity index (χ1n) is 11.4. The second-order valence-corrected chi connectivity index (χ2v) is 8.68. The van der Waals surface area contributed by atoms with Crippen LogP contribution < -0.4 is 5.32 Å². The van der Waals surface area contributed by atoms with E-state index in [1.54, 1.807) is 6.20 Å². The number of rotatable bonds is 7. The normalized spacial score (nSPS) is 15.1. The van der Waals surface area contributed by atoms with E-state index in [2.05, 4.69) is 77.5 Å². The minimum absolute atomic E-state index is 0.0817. The highest BCUT2D eigenvalue weighted by atomic mass is 16.1. The van der Waals surface area contributed by atoms with Crippen molar-refractivity contribution in [3.05, 3.63) is 82.7 Å². The smallest absolute Gasteiger partial charge is 0.255 e. The largest absolute Gasteiger partial charge is 0.348 e. The highest BCUT2D eigenvalue weighted by molar-refractivity contribution is 5.95. The highest BCUT2D eigenvalue weighted by Gasteiger charge is 2.17. The van der Waals surface area contributed by atoms with Crippen LogP contribution in [0.25, 0.3) is 5.69 Å². The van der Waals surface area contributed by atoms with Crippen molar-refractivity contribution in [3.8, 4) is 5.69 Å². The van der Waals surface area contributed by atoms with Gasteiger partial charge in [-0.25, -0.2) is 4.68 Å². The molecule has 0 bridgehead atoms. The average Bonchev–Trinajstić information content (AvgIpc) is 3.24. The third-order valence-corrected chi connectivity index (χ3v) is 6.21. The van der Waals surface area contributed by atoms with Gasteiger partial charge in [-0.15, -0.1) is 0 Å². The van der Waals surface area contributed by atoms with Crippen LogP contribution in [0.1, 0.15) is 39.7 Å². The molecule has 1 aliphatic rings. The summed E-state index contributed by atoms with van der Waals surface area (Å²) in [6, 6.07) is 16.8. The summed E-state index contributed by atoms with van der Waals surface area (Å²) in [6.07, 6.45) is 2.41. The molecule has 6 nitrogen and oxygen atoms in total. The number of aryl methyl sites for hydroxylation is 1. The molecule has 0 saturated carbocycles. The molecule has 168 valence electrons. The average molecular weight is 432 g/mol. The molecule has 1 saturated heterocycles. The van der Waals surface area contributed by atoms with Crippen LogP contribution in [-0.4, -0.2) is 58.7 Å². The quantitative estimate of drug-likeness (QED) is 0.623. The Labute approximate surface area is 190 Å². The van der Waals surface area contributed by atoms with Gasteiger partial charge < -0.3 is 10.2 Å². The van der Waals surface area contributed by atoms with Gasteiger partial charge in [-0.05, 0) is 43.7 Å². The lowest BCUT2D eigenvalue weighted by atomic mass is 10.1. The van der Waals surface area contributed by atoms with E-state index in [0.29, 0.717) is 12.1 Å². The van der Waals surface area contributed by atoms with Gasteiger partial charge in [-0.3, -0.25) is 9.69 Å². The summed E-state index contributed by atoms with van der Waals surface area (Å²) in [5, 5.41) is 7.54. The van der Waals surface area contributed by atoms with Crippen molar-refractivity contribution in [2.45, 2.75) is 33.4 Å². The molecule has 1 fully saturated rings. The molecule has 2 aromatic carbocycles. The molecule has 0 unspecified atom stereocenters. The van der Waals surface area contributed by atoms with Gasteiger partial charge in [0.15, 0.2) is 0 Å². The van der Waals surface area contributed by atoms with Crippen molar-refractivity contribution in [1.29, 1.82) is 0 Å². The minimum atomic E-state index is -0.0817. The Kier molecular flexibility index (Phi) is 7.02. The predicted octanol–water partition coefficient (Wildman–Crippen LogP) is 3.42. The molecule has 2 heterocycles. The molecule has 1 aromatic heterocycles. The van der Waals surface area contributed by atoms with Crippen molar-refractivity contribution in [2.24, 2.45) is 0 Å². The Hall–Kier alpha value is -2.96. The van der Waals surface area contributed by atoms with Gasteiger partial charge in [0.05, 0.1) is 23.1 Å². The number of hydrogen-bond donors (Lipinski definition) is 1. The lowest BCUT2D eigenvalue weighted by molar-refractivity contribution is 0.0950. The lowest BCUT2D eigenvalue weighted by Gasteiger charge is -2.32. The van der Waals surface area contributed by atoms with Gasteiger partial charge in [0.2, 0.25) is 0 Å². The summed E-state index contributed by atoms with van der Waals surface area (Å²) in [5.41, 5.74) is 6.16. The molecule has 1 aliphatic heterocycles. The number of nitrogens with zero attached hydrogens (tertiary/aromatic N) is 4. The molecule has 0 atom stereocenters. The number of aromatic nitrogens is 2. The second kappa shape index (κ2) is 10.1. The fraction of sp³-hybridized carbons (Fsp3) is 0.385. The number of amides is 1. The van der Waals surface area contributed by atoms with Crippen molar-refractivity contribution in [2.75, 3.05) is 33.2 Å². The zero-order valence-corrected chi connectivity index (χ0v) is 19.3. The van der Waals surface area contributed by atoms with E-state index in [9.17, 15) is 4.79 Å². The summed E-state index contributed by atoms with van der Waals surface area (Å²) in [7, 11) is 2.18. The van der Waals surface area contributed by atoms with Gasteiger partial charge >= 0.3 is 0 Å². The van der Waals surface area contributed by atoms with E-state index in [0.717, 1.165) is 56.1 Å². The van der Waals surface area contributed by atoms with Crippen LogP contribution in [0, 0.1) is 6.92 Å². The van der Waals surface area contributed by atoms with Crippen molar-refractivity contribution in [1.82, 2.24) is 24.9 Å². The summed E-state index contributed by atoms with van der Waals surface area (Å²) >= 11 is 0. The summed E-state index contributed by atoms with van der Waals surface area (Å²) < 4.78 is 1.86. The van der Waals surface area contributed by atoms with E-state index < -0.39 is 0 Å². The summed E-state index contributed by atoms with van der Waals surface area (Å²) in [6.45, 7) is 10.1. The van der Waals surface area contributed by atoms with Crippen LogP contribution in [-0.2, 0) is 19.5 Å². The standard InChI is InChI=1S/C26H33N5O/c1-4-25-24(18-28-31(25)23-11-5-20(2)6-12-23)26(32)27-17-21-7-9-22(10-8-21)19-30-15-13-29(3)14-16-30/h5-12,18H,4,13-17,19H2,1-3H3,(H,27,32). The Balaban J connectivity index is 1.36. The number of hydrogen-bond acceptors (Lipinski definition) is 4. The zero-order chi connectivity index (χ0) is 22.5. The number of piperazine rings is 1. The van der Waals surface area contributed by atoms with Crippen LogP contribution >= 0.6 is 0 Å². The first kappa shape index (κ1) is 22.2. The molecule has 1 N–H and O–H groups in total. The maximum atomic E-state index is 12.9. The molecular weight excluding hydrogens is 398 g/mol. The number of benzene rings is 2. The topological polar surface area (TPSA) is 53.4 Å². The van der Waals surface area contributed by atoms with Gasteiger partial charge in [0, 0.05) is 39.3 Å². The Morgan fingerprint density at radius 3 is 2.28 bits per heavy atom. The third-order valence-electron chi connectivity index (χ3n) is 6.21. The van der Waals surface area contributed by atoms with Gasteiger partial charge in [0.1, 0.15) is 0 Å². The van der Waals surface area contributed by atoms with Gasteiger partial charge in [-0.2, -0.15) is 5.10 Å². The molecule has 0 aliphatic carbocycles. The molecule has 6 heteroatoms. The van der Waals surface area contributed by atoms with Crippen molar-refractivity contribution < 1.29 is 4.79 Å². The van der Waals surface area contributed by atoms with Crippen LogP contribution in [0.3, 0.4) is 0 Å². The van der Waals surface area contributed by atoms with Crippen LogP contribution in [0.2, 0.25) is 0 Å². The zero-order valence-electron chi connectivity index (χ0n) is 19.3. The molecule has 4 rings (SSSR count). The minimum Gasteiger partial charge on any atom is -0.348 e. The number of likely N-dealkylation sites (N-methyl/N-ethyl adjacent to an activating group) is 1. The predicted molar refractivity (Wildman–Crippen MR) is 128 cm³/mol. The van der Waals surface area contributed by atoms with E-state index in [1.807, 2.05) is 16.8 Å². The molecule has 3 aromatic rings. The van der Waals surface area contributed by atoms with Gasteiger partial charge in [-0.1, -0.05) is 48.9 Å². The molecule has 32 heavy (non-hydrogen) atoms. The highest BCUT2D eigenvalue weighted by Crippen LogP contribution is 2.17. The number of nitrogens with one attached hydrogen (secondary N) is 1. The third kappa shape index (κ3) is 5.26. The second-order valence-electron chi connectivity index (χ2n) is 8.68. The molecule has 1 amide bonds. The SMILES string of the molecule is CCc1c(C(=O)NCc2ccc(CN3CCN(C)CC3)cc2)cnn1-c1ccc(C)cc1. The summed E-state index contributed by atoms with van der Waals surface area (Å²) in [5.74, 6) is -0.0817. The van der Waals surface area contributed by atoms with E-state index >= 15 is 0 Å². The van der Waals surface area contributed by atoms with Crippen LogP contribution in [0.5, 0.6) is 0 Å². The van der Waals surface area contributed by atoms with Crippen LogP contribution in [0.4, 0.5) is 0 Å². The number of carbonyl (C=O) groups is 1. The summed E-state index contributed by atoms with van der Waals surface area (Å²) in [4.78, 5) is 17.7. The molecular formula is C26H33N5O. The maximum Gasteiger partial charge on any atom is 0.255 e. The van der Waals surface area contributed by atoms with Crippen molar-refractivity contribution in [3.63, 3.8) is 0 Å². The Morgan fingerprint density at radius 2 is 1.62 bits per heavy atom. The number of carbonyl (C=O) groups excluding carboxylic acids is 1. The molecule has 0 radical (unpaired) electrons. The fourth-order valence-corrected chi connectivity index (χ4v) is 4.12.